The molecule has 0 N–H and O–H groups in total. The summed E-state index contributed by atoms with van der Waals surface area (Å²) in [6, 6.07) is 0.218. The van der Waals surface area contributed by atoms with Crippen LogP contribution < -0.4 is 0 Å². The average Bonchev–Trinajstić information content (AvgIpc) is 2.87. The van der Waals surface area contributed by atoms with Crippen molar-refractivity contribution in [3.05, 3.63) is 16.1 Å². The molecule has 1 aromatic rings. The van der Waals surface area contributed by atoms with E-state index in [1.165, 1.54) is 0 Å². The topological polar surface area (TPSA) is 54.8 Å². The van der Waals surface area contributed by atoms with Crippen molar-refractivity contribution in [1.82, 2.24) is 9.88 Å². The summed E-state index contributed by atoms with van der Waals surface area (Å²) >= 11 is 1.57. The highest BCUT2D eigenvalue weighted by Crippen LogP contribution is 2.25. The number of likely N-dealkylation sites (N-methyl/N-ethyl adjacent to an activating group) is 1. The van der Waals surface area contributed by atoms with Gasteiger partial charge in [-0.05, 0) is 6.92 Å². The van der Waals surface area contributed by atoms with E-state index >= 15 is 0 Å². The van der Waals surface area contributed by atoms with Gasteiger partial charge in [-0.3, -0.25) is 9.79 Å². The Balaban J connectivity index is 1.98. The van der Waals surface area contributed by atoms with Crippen LogP contribution in [0.2, 0.25) is 0 Å². The second kappa shape index (κ2) is 5.27. The van der Waals surface area contributed by atoms with Crippen molar-refractivity contribution >= 4 is 23.6 Å². The predicted molar refractivity (Wildman–Crippen MR) is 66.3 cm³/mol. The van der Waals surface area contributed by atoms with Gasteiger partial charge in [0.1, 0.15) is 11.0 Å². The van der Waals surface area contributed by atoms with Crippen molar-refractivity contribution in [3.63, 3.8) is 0 Å². The number of nitrogens with zero attached hydrogens (tertiary/aromatic N) is 3. The molecule has 17 heavy (non-hydrogen) atoms. The number of ether oxygens (including phenoxy) is 1. The van der Waals surface area contributed by atoms with E-state index < -0.39 is 0 Å². The van der Waals surface area contributed by atoms with E-state index in [-0.39, 0.29) is 18.4 Å². The van der Waals surface area contributed by atoms with Gasteiger partial charge >= 0.3 is 5.97 Å². The highest BCUT2D eigenvalue weighted by molar-refractivity contribution is 7.09. The van der Waals surface area contributed by atoms with Gasteiger partial charge in [0, 0.05) is 12.4 Å². The Morgan fingerprint density at radius 2 is 2.53 bits per heavy atom. The third-order valence-corrected chi connectivity index (χ3v) is 3.51. The molecule has 0 radical (unpaired) electrons. The Bertz CT molecular complexity index is 430. The lowest BCUT2D eigenvalue weighted by atomic mass is 10.3. The lowest BCUT2D eigenvalue weighted by molar-refractivity contribution is -0.142. The Morgan fingerprint density at radius 1 is 1.71 bits per heavy atom. The third kappa shape index (κ3) is 2.82. The largest absolute Gasteiger partial charge is 0.466 e. The van der Waals surface area contributed by atoms with Crippen LogP contribution in [0.15, 0.2) is 10.4 Å². The minimum atomic E-state index is -0.222. The summed E-state index contributed by atoms with van der Waals surface area (Å²) in [4.78, 5) is 22.0. The quantitative estimate of drug-likeness (QED) is 0.758. The molecule has 0 bridgehead atoms. The van der Waals surface area contributed by atoms with Crippen LogP contribution in [0.3, 0.4) is 0 Å². The zero-order valence-electron chi connectivity index (χ0n) is 9.92. The first kappa shape index (κ1) is 12.0. The fourth-order valence-electron chi connectivity index (χ4n) is 1.65. The van der Waals surface area contributed by atoms with Crippen molar-refractivity contribution in [3.8, 4) is 0 Å². The molecule has 2 rings (SSSR count). The summed E-state index contributed by atoms with van der Waals surface area (Å²) in [6.07, 6.45) is 2.07. The molecule has 1 atom stereocenters. The molecule has 0 spiro atoms. The van der Waals surface area contributed by atoms with E-state index in [9.17, 15) is 4.79 Å². The number of rotatable bonds is 4. The molecular weight excluding hydrogens is 238 g/mol. The van der Waals surface area contributed by atoms with Crippen molar-refractivity contribution in [2.24, 2.45) is 4.99 Å². The summed E-state index contributed by atoms with van der Waals surface area (Å²) in [5.74, 6) is -0.222. The van der Waals surface area contributed by atoms with Crippen LogP contribution in [0.25, 0.3) is 0 Å². The molecule has 0 aromatic carbocycles. The van der Waals surface area contributed by atoms with Gasteiger partial charge in [-0.25, -0.2) is 4.98 Å². The fourth-order valence-corrected chi connectivity index (χ4v) is 2.61. The maximum Gasteiger partial charge on any atom is 0.311 e. The molecule has 1 aromatic heterocycles. The summed E-state index contributed by atoms with van der Waals surface area (Å²) in [5.41, 5.74) is 0.781. The first-order valence-corrected chi connectivity index (χ1v) is 6.40. The first-order valence-electron chi connectivity index (χ1n) is 5.52. The number of carbonyl (C=O) groups is 1. The first-order chi connectivity index (χ1) is 8.20. The van der Waals surface area contributed by atoms with Crippen LogP contribution >= 0.6 is 11.3 Å². The summed E-state index contributed by atoms with van der Waals surface area (Å²) in [5, 5.41) is 2.92. The molecule has 0 saturated carbocycles. The van der Waals surface area contributed by atoms with Gasteiger partial charge in [0.15, 0.2) is 0 Å². The molecule has 6 heteroatoms. The Hall–Kier alpha value is -1.43. The maximum atomic E-state index is 11.3. The number of carbonyl (C=O) groups excluding carboxylic acids is 1. The lowest BCUT2D eigenvalue weighted by Gasteiger charge is -2.15. The van der Waals surface area contributed by atoms with E-state index in [1.54, 1.807) is 18.3 Å². The zero-order valence-corrected chi connectivity index (χ0v) is 10.7. The van der Waals surface area contributed by atoms with Crippen LogP contribution in [0.4, 0.5) is 0 Å². The number of esters is 1. The number of aromatic nitrogens is 1. The van der Waals surface area contributed by atoms with Crippen molar-refractivity contribution < 1.29 is 9.53 Å². The molecule has 1 aliphatic heterocycles. The molecule has 0 fully saturated rings. The van der Waals surface area contributed by atoms with Gasteiger partial charge in [-0.2, -0.15) is 0 Å². The van der Waals surface area contributed by atoms with Crippen LogP contribution in [-0.4, -0.2) is 42.4 Å². The second-order valence-corrected chi connectivity index (χ2v) is 4.71. The van der Waals surface area contributed by atoms with Crippen LogP contribution in [0.1, 0.15) is 23.7 Å². The molecule has 0 aliphatic carbocycles. The van der Waals surface area contributed by atoms with Gasteiger partial charge in [-0.15, -0.1) is 11.3 Å². The van der Waals surface area contributed by atoms with E-state index in [0.717, 1.165) is 17.2 Å². The molecular formula is C11H15N3O2S. The molecule has 0 saturated heterocycles. The van der Waals surface area contributed by atoms with Crippen LogP contribution in [0.5, 0.6) is 0 Å². The molecule has 1 aliphatic rings. The monoisotopic (exact) mass is 253 g/mol. The van der Waals surface area contributed by atoms with E-state index in [2.05, 4.69) is 9.98 Å². The lowest BCUT2D eigenvalue weighted by Crippen LogP contribution is -2.19. The van der Waals surface area contributed by atoms with Crippen molar-refractivity contribution in [1.29, 1.82) is 0 Å². The predicted octanol–water partition coefficient (Wildman–Crippen LogP) is 1.26. The van der Waals surface area contributed by atoms with E-state index in [0.29, 0.717) is 6.61 Å². The normalized spacial score (nSPS) is 18.7. The van der Waals surface area contributed by atoms with Gasteiger partial charge < -0.3 is 9.64 Å². The van der Waals surface area contributed by atoms with Crippen LogP contribution in [-0.2, 0) is 16.0 Å². The van der Waals surface area contributed by atoms with Gasteiger partial charge in [0.2, 0.25) is 0 Å². The zero-order chi connectivity index (χ0) is 12.3. The molecule has 0 amide bonds. The highest BCUT2D eigenvalue weighted by atomic mass is 32.1. The minimum absolute atomic E-state index is 0.218. The summed E-state index contributed by atoms with van der Waals surface area (Å²) in [6.45, 7) is 2.95. The van der Waals surface area contributed by atoms with Gasteiger partial charge in [0.05, 0.1) is 31.6 Å². The molecule has 92 valence electrons. The second-order valence-electron chi connectivity index (χ2n) is 3.82. The Kier molecular flexibility index (Phi) is 3.73. The SMILES string of the molecule is CCOC(=O)Cc1csc(C2CN=CN2C)n1. The van der Waals surface area contributed by atoms with Crippen molar-refractivity contribution in [2.45, 2.75) is 19.4 Å². The van der Waals surface area contributed by atoms with E-state index in [4.69, 9.17) is 4.74 Å². The van der Waals surface area contributed by atoms with Gasteiger partial charge in [0.25, 0.3) is 0 Å². The Labute approximate surface area is 104 Å². The number of aliphatic imine (C=N–C) groups is 1. The summed E-state index contributed by atoms with van der Waals surface area (Å²) in [7, 11) is 1.98. The maximum absolute atomic E-state index is 11.3. The van der Waals surface area contributed by atoms with Crippen molar-refractivity contribution in [2.75, 3.05) is 20.2 Å². The van der Waals surface area contributed by atoms with Crippen LogP contribution in [0, 0.1) is 0 Å². The number of hydrogen-bond donors (Lipinski definition) is 0. The number of thiazole rings is 1. The average molecular weight is 253 g/mol. The molecule has 1 unspecified atom stereocenters. The van der Waals surface area contributed by atoms with Gasteiger partial charge in [-0.1, -0.05) is 0 Å². The smallest absolute Gasteiger partial charge is 0.311 e. The fraction of sp³-hybridized carbons (Fsp3) is 0.545. The minimum Gasteiger partial charge on any atom is -0.466 e. The standard InChI is InChI=1S/C11H15N3O2S/c1-3-16-10(15)4-8-6-17-11(13-8)9-5-12-7-14(9)2/h6-7,9H,3-5H2,1-2H3. The van der Waals surface area contributed by atoms with E-state index in [1.807, 2.05) is 23.7 Å². The highest BCUT2D eigenvalue weighted by Gasteiger charge is 2.22. The molecule has 5 nitrogen and oxygen atoms in total. The number of hydrogen-bond acceptors (Lipinski definition) is 6. The third-order valence-electron chi connectivity index (χ3n) is 2.52. The summed E-state index contributed by atoms with van der Waals surface area (Å²) < 4.78 is 4.89. The molecule has 2 heterocycles. The Morgan fingerprint density at radius 3 is 3.18 bits per heavy atom.